The predicted octanol–water partition coefficient (Wildman–Crippen LogP) is 8.61. The summed E-state index contributed by atoms with van der Waals surface area (Å²) in [5.41, 5.74) is -3.45. The standard InChI is InChI=1S/C20H18Cl2F6N2/c1-18(2,3)10-17(29-15-6-4-11(21)8-13(15)19(23,24)25)30-16-7-5-12(22)9-14(16)20(26,27)28/h4-9H,10H2,1-3H3,(H,29,30). The molecule has 0 unspecified atom stereocenters. The first-order valence-electron chi connectivity index (χ1n) is 8.64. The van der Waals surface area contributed by atoms with Crippen LogP contribution in [0.5, 0.6) is 0 Å². The highest BCUT2D eigenvalue weighted by Gasteiger charge is 2.35. The fourth-order valence-corrected chi connectivity index (χ4v) is 2.95. The minimum atomic E-state index is -4.74. The average molecular weight is 471 g/mol. The lowest BCUT2D eigenvalue weighted by atomic mass is 9.91. The van der Waals surface area contributed by atoms with Crippen LogP contribution in [-0.4, -0.2) is 5.84 Å². The van der Waals surface area contributed by atoms with Gasteiger partial charge in [-0.15, -0.1) is 0 Å². The lowest BCUT2D eigenvalue weighted by Crippen LogP contribution is -2.22. The van der Waals surface area contributed by atoms with Crippen LogP contribution in [0.15, 0.2) is 41.4 Å². The number of aliphatic imine (C=N–C) groups is 1. The molecular weight excluding hydrogens is 453 g/mol. The maximum absolute atomic E-state index is 13.4. The number of hydrogen-bond donors (Lipinski definition) is 1. The molecular formula is C20H18Cl2F6N2. The highest BCUT2D eigenvalue weighted by molar-refractivity contribution is 6.31. The minimum absolute atomic E-state index is 0.0665. The van der Waals surface area contributed by atoms with Gasteiger partial charge in [-0.25, -0.2) is 4.99 Å². The molecule has 0 aromatic heterocycles. The molecule has 0 saturated carbocycles. The molecule has 0 amide bonds. The predicted molar refractivity (Wildman–Crippen MR) is 108 cm³/mol. The van der Waals surface area contributed by atoms with Crippen LogP contribution in [0, 0.1) is 5.41 Å². The second-order valence-electron chi connectivity index (χ2n) is 7.77. The van der Waals surface area contributed by atoms with Gasteiger partial charge >= 0.3 is 12.4 Å². The average Bonchev–Trinajstić information content (AvgIpc) is 2.54. The van der Waals surface area contributed by atoms with E-state index in [1.54, 1.807) is 20.8 Å². The van der Waals surface area contributed by atoms with Gasteiger partial charge in [-0.2, -0.15) is 26.3 Å². The van der Waals surface area contributed by atoms with Gasteiger partial charge in [0.25, 0.3) is 0 Å². The van der Waals surface area contributed by atoms with Crippen LogP contribution < -0.4 is 5.32 Å². The van der Waals surface area contributed by atoms with Gasteiger partial charge in [-0.3, -0.25) is 0 Å². The molecule has 2 aromatic rings. The molecule has 164 valence electrons. The lowest BCUT2D eigenvalue weighted by molar-refractivity contribution is -0.137. The Kier molecular flexibility index (Phi) is 7.03. The topological polar surface area (TPSA) is 24.4 Å². The SMILES string of the molecule is CC(C)(C)CC(=Nc1ccc(Cl)cc1C(F)(F)F)Nc1ccc(Cl)cc1C(F)(F)F. The molecule has 0 aliphatic rings. The molecule has 2 rings (SSSR count). The second kappa shape index (κ2) is 8.67. The smallest absolute Gasteiger partial charge is 0.343 e. The summed E-state index contributed by atoms with van der Waals surface area (Å²) < 4.78 is 80.4. The summed E-state index contributed by atoms with van der Waals surface area (Å²) in [6.07, 6.45) is -9.39. The van der Waals surface area contributed by atoms with E-state index in [2.05, 4.69) is 10.3 Å². The molecule has 2 aromatic carbocycles. The van der Waals surface area contributed by atoms with Gasteiger partial charge in [0, 0.05) is 16.5 Å². The molecule has 0 saturated heterocycles. The van der Waals surface area contributed by atoms with Crippen LogP contribution in [0.25, 0.3) is 0 Å². The second-order valence-corrected chi connectivity index (χ2v) is 8.64. The molecule has 1 N–H and O–H groups in total. The summed E-state index contributed by atoms with van der Waals surface area (Å²) in [4.78, 5) is 4.02. The van der Waals surface area contributed by atoms with Gasteiger partial charge < -0.3 is 5.32 Å². The summed E-state index contributed by atoms with van der Waals surface area (Å²) in [7, 11) is 0. The zero-order chi connectivity index (χ0) is 22.9. The summed E-state index contributed by atoms with van der Waals surface area (Å²) >= 11 is 11.4. The third-order valence-electron chi connectivity index (χ3n) is 3.78. The number of benzene rings is 2. The lowest BCUT2D eigenvalue weighted by Gasteiger charge is -2.23. The van der Waals surface area contributed by atoms with Gasteiger partial charge in [0.1, 0.15) is 5.84 Å². The van der Waals surface area contributed by atoms with Crippen LogP contribution >= 0.6 is 23.2 Å². The molecule has 0 aliphatic carbocycles. The van der Waals surface area contributed by atoms with Crippen molar-refractivity contribution in [3.8, 4) is 0 Å². The summed E-state index contributed by atoms with van der Waals surface area (Å²) in [6.45, 7) is 5.34. The molecule has 0 spiro atoms. The zero-order valence-corrected chi connectivity index (χ0v) is 17.7. The van der Waals surface area contributed by atoms with Crippen molar-refractivity contribution in [3.05, 3.63) is 57.6 Å². The van der Waals surface area contributed by atoms with Gasteiger partial charge in [-0.1, -0.05) is 44.0 Å². The van der Waals surface area contributed by atoms with E-state index in [1.165, 1.54) is 12.1 Å². The first kappa shape index (κ1) is 24.3. The fourth-order valence-electron chi connectivity index (χ4n) is 2.61. The van der Waals surface area contributed by atoms with Gasteiger partial charge in [0.2, 0.25) is 0 Å². The van der Waals surface area contributed by atoms with Crippen molar-refractivity contribution >= 4 is 40.4 Å². The van der Waals surface area contributed by atoms with E-state index in [0.717, 1.165) is 24.3 Å². The van der Waals surface area contributed by atoms with Crippen molar-refractivity contribution in [1.82, 2.24) is 0 Å². The van der Waals surface area contributed by atoms with Crippen molar-refractivity contribution in [2.45, 2.75) is 39.5 Å². The van der Waals surface area contributed by atoms with Crippen LogP contribution in [0.1, 0.15) is 38.3 Å². The molecule has 0 bridgehead atoms. The third-order valence-corrected chi connectivity index (χ3v) is 4.25. The fraction of sp³-hybridized carbons (Fsp3) is 0.350. The van der Waals surface area contributed by atoms with E-state index in [-0.39, 0.29) is 28.0 Å². The Morgan fingerprint density at radius 3 is 1.83 bits per heavy atom. The molecule has 2 nitrogen and oxygen atoms in total. The Morgan fingerprint density at radius 1 is 0.833 bits per heavy atom. The van der Waals surface area contributed by atoms with Gasteiger partial charge in [0.15, 0.2) is 0 Å². The molecule has 0 radical (unpaired) electrons. The summed E-state index contributed by atoms with van der Waals surface area (Å²) in [6, 6.07) is 6.11. The zero-order valence-electron chi connectivity index (χ0n) is 16.1. The highest BCUT2D eigenvalue weighted by atomic mass is 35.5. The van der Waals surface area contributed by atoms with Crippen molar-refractivity contribution < 1.29 is 26.3 Å². The van der Waals surface area contributed by atoms with E-state index in [9.17, 15) is 26.3 Å². The number of hydrogen-bond acceptors (Lipinski definition) is 1. The molecule has 30 heavy (non-hydrogen) atoms. The Bertz CT molecular complexity index is 944. The Balaban J connectivity index is 2.60. The van der Waals surface area contributed by atoms with Crippen LogP contribution in [-0.2, 0) is 12.4 Å². The number of halogens is 8. The Labute approximate surface area is 179 Å². The van der Waals surface area contributed by atoms with E-state index in [0.29, 0.717) is 0 Å². The van der Waals surface area contributed by atoms with Crippen molar-refractivity contribution in [1.29, 1.82) is 0 Å². The third kappa shape index (κ3) is 6.80. The first-order valence-corrected chi connectivity index (χ1v) is 9.40. The van der Waals surface area contributed by atoms with Crippen molar-refractivity contribution in [3.63, 3.8) is 0 Å². The van der Waals surface area contributed by atoms with E-state index < -0.39 is 34.6 Å². The maximum Gasteiger partial charge on any atom is 0.418 e. The maximum atomic E-state index is 13.4. The summed E-state index contributed by atoms with van der Waals surface area (Å²) in [5, 5.41) is 2.29. The van der Waals surface area contributed by atoms with Gasteiger partial charge in [-0.05, 0) is 41.8 Å². The molecule has 0 heterocycles. The number of rotatable bonds is 3. The largest absolute Gasteiger partial charge is 0.418 e. The van der Waals surface area contributed by atoms with Crippen LogP contribution in [0.4, 0.5) is 37.7 Å². The van der Waals surface area contributed by atoms with E-state index in [4.69, 9.17) is 23.2 Å². The van der Waals surface area contributed by atoms with E-state index >= 15 is 0 Å². The normalized spacial score (nSPS) is 13.5. The first-order chi connectivity index (χ1) is 13.6. The van der Waals surface area contributed by atoms with Gasteiger partial charge in [0.05, 0.1) is 22.5 Å². The number of nitrogens with one attached hydrogen (secondary N) is 1. The number of amidine groups is 1. The van der Waals surface area contributed by atoms with Crippen molar-refractivity contribution in [2.24, 2.45) is 10.4 Å². The molecule has 0 fully saturated rings. The molecule has 10 heteroatoms. The number of nitrogens with zero attached hydrogens (tertiary/aromatic N) is 1. The number of alkyl halides is 6. The monoisotopic (exact) mass is 470 g/mol. The minimum Gasteiger partial charge on any atom is -0.343 e. The van der Waals surface area contributed by atoms with E-state index in [1.807, 2.05) is 0 Å². The highest BCUT2D eigenvalue weighted by Crippen LogP contribution is 2.40. The Morgan fingerprint density at radius 2 is 1.33 bits per heavy atom. The molecule has 0 aliphatic heterocycles. The number of anilines is 1. The van der Waals surface area contributed by atoms with Crippen molar-refractivity contribution in [2.75, 3.05) is 5.32 Å². The van der Waals surface area contributed by atoms with Crippen LogP contribution in [0.3, 0.4) is 0 Å². The Hall–Kier alpha value is -1.93. The quantitative estimate of drug-likeness (QED) is 0.271. The molecule has 0 atom stereocenters. The van der Waals surface area contributed by atoms with Crippen LogP contribution in [0.2, 0.25) is 10.0 Å². The summed E-state index contributed by atoms with van der Waals surface area (Å²) in [5.74, 6) is -0.0665.